The number of carbonyl (C=O) groups excluding carboxylic acids is 1. The standard InChI is InChI=1S/C20H23FN4O/c21-17-5-1-2-6-19(17)24-13-11-23(12-14-24)16-7-8-22-18(15-16)20(26)25-9-3-4-10-25/h1-2,5-8,15H,3-4,9-14H2. The maximum atomic E-state index is 14.0. The lowest BCUT2D eigenvalue weighted by atomic mass is 10.2. The molecule has 0 unspecified atom stereocenters. The first-order chi connectivity index (χ1) is 12.7. The minimum Gasteiger partial charge on any atom is -0.368 e. The van der Waals surface area contributed by atoms with Crippen molar-refractivity contribution in [2.75, 3.05) is 49.1 Å². The third-order valence-corrected chi connectivity index (χ3v) is 5.19. The van der Waals surface area contributed by atoms with Crippen molar-refractivity contribution in [2.24, 2.45) is 0 Å². The molecule has 1 aromatic carbocycles. The van der Waals surface area contributed by atoms with Gasteiger partial charge in [-0.1, -0.05) is 12.1 Å². The number of hydrogen-bond acceptors (Lipinski definition) is 4. The molecule has 0 N–H and O–H groups in total. The van der Waals surface area contributed by atoms with Crippen LogP contribution in [0.25, 0.3) is 0 Å². The molecule has 2 aromatic rings. The van der Waals surface area contributed by atoms with Crippen molar-refractivity contribution in [1.29, 1.82) is 0 Å². The number of carbonyl (C=O) groups is 1. The summed E-state index contributed by atoms with van der Waals surface area (Å²) in [5, 5.41) is 0. The van der Waals surface area contributed by atoms with E-state index in [1.165, 1.54) is 6.07 Å². The van der Waals surface area contributed by atoms with Crippen molar-refractivity contribution in [3.63, 3.8) is 0 Å². The average Bonchev–Trinajstić information content (AvgIpc) is 3.23. The summed E-state index contributed by atoms with van der Waals surface area (Å²) in [6.07, 6.45) is 3.86. The molecule has 2 aliphatic rings. The van der Waals surface area contributed by atoms with Gasteiger partial charge >= 0.3 is 0 Å². The molecule has 0 atom stereocenters. The van der Waals surface area contributed by atoms with E-state index in [1.54, 1.807) is 12.3 Å². The molecule has 2 fully saturated rings. The van der Waals surface area contributed by atoms with Crippen molar-refractivity contribution in [3.05, 3.63) is 54.1 Å². The Morgan fingerprint density at radius 2 is 1.62 bits per heavy atom. The SMILES string of the molecule is O=C(c1cc(N2CCN(c3ccccc3F)CC2)ccn1)N1CCCC1. The maximum absolute atomic E-state index is 14.0. The Morgan fingerprint density at radius 1 is 0.923 bits per heavy atom. The van der Waals surface area contributed by atoms with E-state index < -0.39 is 0 Å². The van der Waals surface area contributed by atoms with Crippen LogP contribution in [0.4, 0.5) is 15.8 Å². The zero-order valence-corrected chi connectivity index (χ0v) is 14.8. The highest BCUT2D eigenvalue weighted by molar-refractivity contribution is 5.93. The van der Waals surface area contributed by atoms with Crippen LogP contribution in [0.1, 0.15) is 23.3 Å². The zero-order valence-electron chi connectivity index (χ0n) is 14.8. The number of para-hydroxylation sites is 1. The van der Waals surface area contributed by atoms with Gasteiger partial charge in [-0.3, -0.25) is 9.78 Å². The summed E-state index contributed by atoms with van der Waals surface area (Å²) >= 11 is 0. The second kappa shape index (κ2) is 7.32. The van der Waals surface area contributed by atoms with Crippen LogP contribution in [-0.4, -0.2) is 55.1 Å². The minimum absolute atomic E-state index is 0.0225. The number of benzene rings is 1. The Balaban J connectivity index is 1.44. The molecule has 0 radical (unpaired) electrons. The normalized spacial score (nSPS) is 17.7. The summed E-state index contributed by atoms with van der Waals surface area (Å²) in [4.78, 5) is 23.0. The summed E-state index contributed by atoms with van der Waals surface area (Å²) < 4.78 is 14.0. The Labute approximate surface area is 153 Å². The summed E-state index contributed by atoms with van der Waals surface area (Å²) in [6, 6.07) is 10.7. The van der Waals surface area contributed by atoms with E-state index in [9.17, 15) is 9.18 Å². The molecule has 0 aliphatic carbocycles. The quantitative estimate of drug-likeness (QED) is 0.850. The fourth-order valence-corrected chi connectivity index (χ4v) is 3.73. The van der Waals surface area contributed by atoms with Crippen LogP contribution in [0.5, 0.6) is 0 Å². The molecule has 2 saturated heterocycles. The average molecular weight is 354 g/mol. The Hall–Kier alpha value is -2.63. The van der Waals surface area contributed by atoms with Gasteiger partial charge in [0.05, 0.1) is 5.69 Å². The molecular formula is C20H23FN4O. The van der Waals surface area contributed by atoms with Gasteiger partial charge in [0.1, 0.15) is 11.5 Å². The minimum atomic E-state index is -0.177. The van der Waals surface area contributed by atoms with Gasteiger partial charge in [-0.15, -0.1) is 0 Å². The first kappa shape index (κ1) is 16.8. The van der Waals surface area contributed by atoms with Gasteiger partial charge in [-0.05, 0) is 37.1 Å². The number of amides is 1. The first-order valence-corrected chi connectivity index (χ1v) is 9.22. The van der Waals surface area contributed by atoms with Crippen LogP contribution in [0.15, 0.2) is 42.6 Å². The van der Waals surface area contributed by atoms with Crippen molar-refractivity contribution >= 4 is 17.3 Å². The number of nitrogens with zero attached hydrogens (tertiary/aromatic N) is 4. The zero-order chi connectivity index (χ0) is 17.9. The number of piperazine rings is 1. The number of halogens is 1. The number of anilines is 2. The van der Waals surface area contributed by atoms with Crippen LogP contribution in [0, 0.1) is 5.82 Å². The van der Waals surface area contributed by atoms with E-state index in [4.69, 9.17) is 0 Å². The van der Waals surface area contributed by atoms with Crippen LogP contribution in [-0.2, 0) is 0 Å². The second-order valence-electron chi connectivity index (χ2n) is 6.82. The van der Waals surface area contributed by atoms with E-state index in [-0.39, 0.29) is 11.7 Å². The summed E-state index contributed by atoms with van der Waals surface area (Å²) in [7, 11) is 0. The predicted octanol–water partition coefficient (Wildman–Crippen LogP) is 2.78. The van der Waals surface area contributed by atoms with Crippen molar-refractivity contribution < 1.29 is 9.18 Å². The van der Waals surface area contributed by atoms with Gasteiger partial charge in [0.25, 0.3) is 5.91 Å². The highest BCUT2D eigenvalue weighted by Crippen LogP contribution is 2.23. The molecule has 5 nitrogen and oxygen atoms in total. The predicted molar refractivity (Wildman–Crippen MR) is 100 cm³/mol. The highest BCUT2D eigenvalue weighted by Gasteiger charge is 2.23. The van der Waals surface area contributed by atoms with Crippen molar-refractivity contribution in [1.82, 2.24) is 9.88 Å². The number of rotatable bonds is 3. The fourth-order valence-electron chi connectivity index (χ4n) is 3.73. The van der Waals surface area contributed by atoms with Gasteiger partial charge in [-0.2, -0.15) is 0 Å². The second-order valence-corrected chi connectivity index (χ2v) is 6.82. The summed E-state index contributed by atoms with van der Waals surface area (Å²) in [5.41, 5.74) is 2.18. The van der Waals surface area contributed by atoms with Crippen LogP contribution < -0.4 is 9.80 Å². The first-order valence-electron chi connectivity index (χ1n) is 9.22. The maximum Gasteiger partial charge on any atom is 0.272 e. The molecule has 1 amide bonds. The van der Waals surface area contributed by atoms with Crippen LogP contribution in [0.3, 0.4) is 0 Å². The highest BCUT2D eigenvalue weighted by atomic mass is 19.1. The van der Waals surface area contributed by atoms with Crippen LogP contribution >= 0.6 is 0 Å². The molecule has 3 heterocycles. The molecule has 0 saturated carbocycles. The number of likely N-dealkylation sites (tertiary alicyclic amines) is 1. The molecule has 26 heavy (non-hydrogen) atoms. The van der Waals surface area contributed by atoms with E-state index in [0.717, 1.165) is 57.8 Å². The number of aromatic nitrogens is 1. The van der Waals surface area contributed by atoms with Gasteiger partial charge in [0.15, 0.2) is 0 Å². The molecule has 0 bridgehead atoms. The fraction of sp³-hybridized carbons (Fsp3) is 0.400. The summed E-state index contributed by atoms with van der Waals surface area (Å²) in [5.74, 6) is -0.155. The number of pyridine rings is 1. The Kier molecular flexibility index (Phi) is 4.73. The van der Waals surface area contributed by atoms with Gasteiger partial charge in [0, 0.05) is 51.2 Å². The smallest absolute Gasteiger partial charge is 0.272 e. The molecule has 1 aromatic heterocycles. The monoisotopic (exact) mass is 354 g/mol. The van der Waals surface area contributed by atoms with Crippen LogP contribution in [0.2, 0.25) is 0 Å². The van der Waals surface area contributed by atoms with Gasteiger partial charge < -0.3 is 14.7 Å². The van der Waals surface area contributed by atoms with Crippen molar-refractivity contribution in [3.8, 4) is 0 Å². The summed E-state index contributed by atoms with van der Waals surface area (Å²) in [6.45, 7) is 4.72. The largest absolute Gasteiger partial charge is 0.368 e. The van der Waals surface area contributed by atoms with Gasteiger partial charge in [-0.25, -0.2) is 4.39 Å². The molecule has 136 valence electrons. The Bertz CT molecular complexity index is 783. The molecule has 4 rings (SSSR count). The van der Waals surface area contributed by atoms with E-state index in [0.29, 0.717) is 11.4 Å². The van der Waals surface area contributed by atoms with Crippen molar-refractivity contribution in [2.45, 2.75) is 12.8 Å². The lowest BCUT2D eigenvalue weighted by Crippen LogP contribution is -2.47. The lowest BCUT2D eigenvalue weighted by Gasteiger charge is -2.37. The molecular weight excluding hydrogens is 331 g/mol. The number of hydrogen-bond donors (Lipinski definition) is 0. The van der Waals surface area contributed by atoms with E-state index in [2.05, 4.69) is 14.8 Å². The van der Waals surface area contributed by atoms with E-state index in [1.807, 2.05) is 29.2 Å². The molecule has 2 aliphatic heterocycles. The van der Waals surface area contributed by atoms with Gasteiger partial charge in [0.2, 0.25) is 0 Å². The van der Waals surface area contributed by atoms with E-state index >= 15 is 0 Å². The molecule has 6 heteroatoms. The third-order valence-electron chi connectivity index (χ3n) is 5.19. The topological polar surface area (TPSA) is 39.7 Å². The Morgan fingerprint density at radius 3 is 2.35 bits per heavy atom. The lowest BCUT2D eigenvalue weighted by molar-refractivity contribution is 0.0787. The molecule has 0 spiro atoms. The third kappa shape index (κ3) is 3.36.